The SMILES string of the molecule is CC(C)C[C@H](NC(=O)CCCC(=O)N[C@@H](CC(C)C)C(=O)N[C@@H](CCC(=O)O)C(=O)N[C@@H](CC(C)C)C(=O)N[C@H](C(=O)N[C@@H](CCC(=O)O)C(=O)NCC(=O)N[C@@H](Cc1ccc(O)cc1)C(=O)O)[C@@H](C)O)C(=O)N[C@@H](CCC(=O)O)C(=O)N[C@@H](CC(C)C)C(=O)N[C@H](C(=O)N[C@@H](CCC(=O)O)C(=O)NCC(=O)N[C@@H](Cc1ccc(O)cc1)C(=O)O)[C@@H](C)O. The molecule has 0 aliphatic rings. The van der Waals surface area contributed by atoms with E-state index < -0.39 is 292 Å². The van der Waals surface area contributed by atoms with Gasteiger partial charge < -0.3 is 126 Å². The van der Waals surface area contributed by atoms with Gasteiger partial charge in [0.05, 0.1) is 25.3 Å². The van der Waals surface area contributed by atoms with Crippen molar-refractivity contribution in [3.8, 4) is 11.5 Å². The summed E-state index contributed by atoms with van der Waals surface area (Å²) in [6.07, 6.45) is -11.2. The number of nitrogens with one attached hydrogen (secondary N) is 14. The Morgan fingerprint density at radius 2 is 0.496 bits per heavy atom. The van der Waals surface area contributed by atoms with Crippen LogP contribution in [-0.4, -0.2) is 267 Å². The number of aromatic hydroxyl groups is 2. The summed E-state index contributed by atoms with van der Waals surface area (Å²) in [6.45, 7) is 13.5. The summed E-state index contributed by atoms with van der Waals surface area (Å²) in [6, 6.07) is -9.22. The lowest BCUT2D eigenvalue weighted by atomic mass is 10.00. The van der Waals surface area contributed by atoms with Crippen molar-refractivity contribution in [3.05, 3.63) is 59.7 Å². The zero-order valence-corrected chi connectivity index (χ0v) is 70.1. The Morgan fingerprint density at radius 1 is 0.268 bits per heavy atom. The minimum Gasteiger partial charge on any atom is -0.508 e. The van der Waals surface area contributed by atoms with Crippen molar-refractivity contribution in [3.63, 3.8) is 0 Å². The van der Waals surface area contributed by atoms with Gasteiger partial charge in [-0.1, -0.05) is 79.7 Å². The molecule has 0 fully saturated rings. The molecule has 0 unspecified atom stereocenters. The van der Waals surface area contributed by atoms with Crippen LogP contribution >= 0.6 is 0 Å². The van der Waals surface area contributed by atoms with Gasteiger partial charge in [0, 0.05) is 51.4 Å². The molecule has 2 rings (SSSR count). The average Bonchev–Trinajstić information content (AvgIpc) is 0.849. The van der Waals surface area contributed by atoms with E-state index in [1.54, 1.807) is 55.4 Å². The summed E-state index contributed by atoms with van der Waals surface area (Å²) in [5, 5.41) is 131. The first-order valence-corrected chi connectivity index (χ1v) is 39.9. The number of phenols is 2. The maximum atomic E-state index is 14.2. The standard InChI is InChI=1S/C79H118N14O30/c1-38(2)30-52(72(114)86-50(24-28-64(106)107)70(112)90-54(32-40(5)6)74(116)92-66(42(9)94)76(118)88-48(22-26-62(102)103)68(110)80-36-60(100)84-56(78(120)121)34-44-14-18-46(96)19-15-44)82-58(98)12-11-13-59(99)83-53(31-39(3)4)73(115)87-51(25-29-65(108)109)71(113)91-55(33-41(7)8)75(117)93-67(43(10)95)77(119)89-49(23-27-63(104)105)69(111)81-37-61(101)85-57(79(122)123)35-45-16-20-47(97)21-17-45/h14-21,38-43,48-57,66-67,94-97H,11-13,22-37H2,1-10H3,(H,80,110)(H,81,111)(H,82,98)(H,83,99)(H,84,100)(H,85,101)(H,86,114)(H,87,115)(H,88,118)(H,89,119)(H,90,112)(H,91,113)(H,92,116)(H,93,117)(H,102,103)(H,104,105)(H,106,107)(H,108,109)(H,120,121)(H,122,123)/t42-,43-,48+,49+,50+,51+,52+,53+,54+,55+,56+,57+,66+,67+/m1/s1. The highest BCUT2D eigenvalue weighted by atomic mass is 16.4. The molecule has 0 aliphatic heterocycles. The van der Waals surface area contributed by atoms with Crippen molar-refractivity contribution in [2.75, 3.05) is 13.1 Å². The normalized spacial score (nSPS) is 14.6. The number of aliphatic carboxylic acids is 6. The molecule has 123 heavy (non-hydrogen) atoms. The summed E-state index contributed by atoms with van der Waals surface area (Å²) < 4.78 is 0. The summed E-state index contributed by atoms with van der Waals surface area (Å²) in [7, 11) is 0. The highest BCUT2D eigenvalue weighted by Crippen LogP contribution is 2.18. The molecule has 0 saturated heterocycles. The highest BCUT2D eigenvalue weighted by Gasteiger charge is 2.39. The zero-order valence-electron chi connectivity index (χ0n) is 70.1. The predicted octanol–water partition coefficient (Wildman–Crippen LogP) is -3.32. The first kappa shape index (κ1) is 106. The van der Waals surface area contributed by atoms with E-state index in [1.165, 1.54) is 48.5 Å². The Hall–Kier alpha value is -12.6. The molecule has 0 heterocycles. The van der Waals surface area contributed by atoms with Crippen LogP contribution in [0.15, 0.2) is 48.5 Å². The molecule has 44 heteroatoms. The fourth-order valence-corrected chi connectivity index (χ4v) is 12.0. The second kappa shape index (κ2) is 53.9. The molecule has 2 aromatic carbocycles. The van der Waals surface area contributed by atoms with Crippen molar-refractivity contribution in [2.45, 2.75) is 263 Å². The van der Waals surface area contributed by atoms with E-state index in [4.69, 9.17) is 0 Å². The number of carboxylic acid groups (broad SMARTS) is 6. The van der Waals surface area contributed by atoms with E-state index in [-0.39, 0.29) is 68.3 Å². The van der Waals surface area contributed by atoms with Crippen molar-refractivity contribution >= 4 is 119 Å². The van der Waals surface area contributed by atoms with Gasteiger partial charge in [-0.15, -0.1) is 0 Å². The lowest BCUT2D eigenvalue weighted by molar-refractivity contribution is -0.142. The minimum absolute atomic E-state index is 0.0924. The third-order valence-electron chi connectivity index (χ3n) is 18.3. The quantitative estimate of drug-likeness (QED) is 0.0308. The van der Waals surface area contributed by atoms with Crippen LogP contribution in [0.25, 0.3) is 0 Å². The highest BCUT2D eigenvalue weighted by molar-refractivity contribution is 6.00. The van der Waals surface area contributed by atoms with Crippen LogP contribution in [-0.2, 0) is 109 Å². The first-order valence-electron chi connectivity index (χ1n) is 39.9. The number of hydrogen-bond acceptors (Lipinski definition) is 24. The van der Waals surface area contributed by atoms with Gasteiger partial charge in [0.2, 0.25) is 82.7 Å². The zero-order chi connectivity index (χ0) is 93.2. The Morgan fingerprint density at radius 3 is 0.748 bits per heavy atom. The van der Waals surface area contributed by atoms with Gasteiger partial charge in [-0.25, -0.2) is 9.59 Å². The number of aliphatic hydroxyl groups is 2. The Kier molecular flexibility index (Phi) is 46.6. The van der Waals surface area contributed by atoms with Gasteiger partial charge in [-0.05, 0) is 131 Å². The molecule has 14 atom stereocenters. The van der Waals surface area contributed by atoms with Gasteiger partial charge in [0.15, 0.2) is 0 Å². The molecule has 2 aromatic rings. The smallest absolute Gasteiger partial charge is 0.326 e. The number of carbonyl (C=O) groups excluding carboxylic acids is 14. The molecule has 0 radical (unpaired) electrons. The fraction of sp³-hybridized carbons (Fsp3) is 0.595. The maximum Gasteiger partial charge on any atom is 0.326 e. The van der Waals surface area contributed by atoms with Crippen LogP contribution in [0.5, 0.6) is 11.5 Å². The molecule has 14 amide bonds. The Labute approximate surface area is 708 Å². The number of hydrogen-bond donors (Lipinski definition) is 24. The monoisotopic (exact) mass is 1740 g/mol. The van der Waals surface area contributed by atoms with Gasteiger partial charge >= 0.3 is 35.8 Å². The van der Waals surface area contributed by atoms with Crippen LogP contribution in [0.4, 0.5) is 0 Å². The van der Waals surface area contributed by atoms with E-state index in [2.05, 4.69) is 74.4 Å². The summed E-state index contributed by atoms with van der Waals surface area (Å²) in [5.41, 5.74) is 0.818. The molecule has 24 N–H and O–H groups in total. The van der Waals surface area contributed by atoms with Gasteiger partial charge in [-0.2, -0.15) is 0 Å². The molecule has 0 aromatic heterocycles. The minimum atomic E-state index is -1.95. The Balaban J connectivity index is 2.28. The summed E-state index contributed by atoms with van der Waals surface area (Å²) >= 11 is 0. The lowest BCUT2D eigenvalue weighted by Crippen LogP contribution is -2.61. The largest absolute Gasteiger partial charge is 0.508 e. The number of phenolic OH excluding ortho intramolecular Hbond substituents is 2. The maximum absolute atomic E-state index is 14.2. The first-order chi connectivity index (χ1) is 57.4. The summed E-state index contributed by atoms with van der Waals surface area (Å²) in [5.74, 6) is -25.5. The molecule has 0 aliphatic carbocycles. The number of benzene rings is 2. The van der Waals surface area contributed by atoms with Gasteiger partial charge in [0.25, 0.3) is 0 Å². The van der Waals surface area contributed by atoms with E-state index in [1.807, 2.05) is 0 Å². The van der Waals surface area contributed by atoms with E-state index >= 15 is 0 Å². The number of aliphatic hydroxyl groups excluding tert-OH is 2. The Bertz CT molecular complexity index is 3740. The van der Waals surface area contributed by atoms with Gasteiger partial charge in [-0.3, -0.25) is 86.3 Å². The number of amides is 14. The number of carboxylic acids is 6. The second-order valence-corrected chi connectivity index (χ2v) is 31.3. The van der Waals surface area contributed by atoms with E-state index in [0.717, 1.165) is 13.8 Å². The van der Waals surface area contributed by atoms with Crippen molar-refractivity contribution in [1.29, 1.82) is 0 Å². The summed E-state index contributed by atoms with van der Waals surface area (Å²) in [4.78, 5) is 264. The second-order valence-electron chi connectivity index (χ2n) is 31.3. The predicted molar refractivity (Wildman–Crippen MR) is 431 cm³/mol. The van der Waals surface area contributed by atoms with E-state index in [9.17, 15) is 147 Å². The third kappa shape index (κ3) is 42.9. The third-order valence-corrected chi connectivity index (χ3v) is 18.3. The number of carbonyl (C=O) groups is 20. The molecule has 44 nitrogen and oxygen atoms in total. The van der Waals surface area contributed by atoms with Crippen molar-refractivity contribution in [2.24, 2.45) is 23.7 Å². The molecular weight excluding hydrogens is 1620 g/mol. The average molecular weight is 1740 g/mol. The van der Waals surface area contributed by atoms with E-state index in [0.29, 0.717) is 11.1 Å². The molecule has 0 saturated carbocycles. The van der Waals surface area contributed by atoms with Crippen LogP contribution < -0.4 is 74.4 Å². The van der Waals surface area contributed by atoms with Crippen LogP contribution in [0.3, 0.4) is 0 Å². The van der Waals surface area contributed by atoms with Gasteiger partial charge in [0.1, 0.15) is 84.0 Å². The van der Waals surface area contributed by atoms with Crippen molar-refractivity contribution in [1.82, 2.24) is 74.4 Å². The van der Waals surface area contributed by atoms with Crippen LogP contribution in [0.1, 0.15) is 177 Å². The lowest BCUT2D eigenvalue weighted by Gasteiger charge is -2.29. The van der Waals surface area contributed by atoms with Crippen LogP contribution in [0.2, 0.25) is 0 Å². The van der Waals surface area contributed by atoms with Crippen LogP contribution in [0, 0.1) is 23.7 Å². The molecular formula is C79H118N14O30. The molecule has 0 bridgehead atoms. The molecule has 0 spiro atoms. The fourth-order valence-electron chi connectivity index (χ4n) is 12.0. The number of rotatable bonds is 58. The molecule has 684 valence electrons. The van der Waals surface area contributed by atoms with Crippen molar-refractivity contribution < 1.29 is 147 Å². The topological polar surface area (TPSA) is 712 Å².